The third kappa shape index (κ3) is 4.69. The van der Waals surface area contributed by atoms with Crippen LogP contribution in [0.25, 0.3) is 0 Å². The van der Waals surface area contributed by atoms with Gasteiger partial charge in [0.2, 0.25) is 0 Å². The van der Waals surface area contributed by atoms with Crippen molar-refractivity contribution in [2.75, 3.05) is 6.61 Å². The first-order chi connectivity index (χ1) is 10.9. The summed E-state index contributed by atoms with van der Waals surface area (Å²) in [4.78, 5) is 0. The summed E-state index contributed by atoms with van der Waals surface area (Å²) < 4.78 is 18.2. The topological polar surface area (TPSA) is 27.7 Å². The first kappa shape index (κ1) is 18.2. The standard InChI is InChI=1S/C19H29BO3/c1-6-10-17(20-22-18(2,3)19(4,5)23-20)13-14-21-15-16-11-8-7-9-12-16/h6-9,11-12,17H,1,10,13-15H2,2-5H3. The van der Waals surface area contributed by atoms with Crippen molar-refractivity contribution in [3.63, 3.8) is 0 Å². The molecule has 23 heavy (non-hydrogen) atoms. The van der Waals surface area contributed by atoms with Gasteiger partial charge in [-0.2, -0.15) is 0 Å². The average Bonchev–Trinajstić information content (AvgIpc) is 2.72. The summed E-state index contributed by atoms with van der Waals surface area (Å²) >= 11 is 0. The van der Waals surface area contributed by atoms with E-state index < -0.39 is 0 Å². The molecule has 126 valence electrons. The highest BCUT2D eigenvalue weighted by Gasteiger charge is 2.53. The van der Waals surface area contributed by atoms with Gasteiger partial charge in [0, 0.05) is 6.61 Å². The molecule has 0 radical (unpaired) electrons. The third-order valence-electron chi connectivity index (χ3n) is 4.87. The van der Waals surface area contributed by atoms with Crippen LogP contribution in [0.3, 0.4) is 0 Å². The van der Waals surface area contributed by atoms with Crippen LogP contribution >= 0.6 is 0 Å². The van der Waals surface area contributed by atoms with Crippen LogP contribution in [0.15, 0.2) is 43.0 Å². The van der Waals surface area contributed by atoms with Crippen molar-refractivity contribution in [3.05, 3.63) is 48.6 Å². The largest absolute Gasteiger partial charge is 0.461 e. The molecule has 0 N–H and O–H groups in total. The van der Waals surface area contributed by atoms with Gasteiger partial charge in [0.05, 0.1) is 17.8 Å². The molecule has 1 aromatic rings. The monoisotopic (exact) mass is 316 g/mol. The quantitative estimate of drug-likeness (QED) is 0.397. The van der Waals surface area contributed by atoms with Gasteiger partial charge in [-0.15, -0.1) is 6.58 Å². The summed E-state index contributed by atoms with van der Waals surface area (Å²) in [6.45, 7) is 13.6. The molecule has 0 aliphatic carbocycles. The molecule has 0 saturated carbocycles. The van der Waals surface area contributed by atoms with E-state index in [0.717, 1.165) is 12.8 Å². The molecule has 1 unspecified atom stereocenters. The summed E-state index contributed by atoms with van der Waals surface area (Å²) in [6.07, 6.45) is 3.70. The lowest BCUT2D eigenvalue weighted by atomic mass is 9.68. The zero-order chi connectivity index (χ0) is 16.9. The minimum absolute atomic E-state index is 0.196. The van der Waals surface area contributed by atoms with Gasteiger partial charge < -0.3 is 14.0 Å². The van der Waals surface area contributed by atoms with Gasteiger partial charge in [0.15, 0.2) is 0 Å². The fraction of sp³-hybridized carbons (Fsp3) is 0.579. The van der Waals surface area contributed by atoms with Crippen LogP contribution in [-0.2, 0) is 20.7 Å². The van der Waals surface area contributed by atoms with E-state index in [0.29, 0.717) is 13.2 Å². The zero-order valence-corrected chi connectivity index (χ0v) is 14.9. The molecule has 1 heterocycles. The highest BCUT2D eigenvalue weighted by Crippen LogP contribution is 2.41. The molecule has 0 aromatic heterocycles. The lowest BCUT2D eigenvalue weighted by molar-refractivity contribution is 0.00578. The number of hydrogen-bond donors (Lipinski definition) is 0. The minimum Gasteiger partial charge on any atom is -0.403 e. The van der Waals surface area contributed by atoms with E-state index in [1.165, 1.54) is 5.56 Å². The molecule has 4 heteroatoms. The van der Waals surface area contributed by atoms with Crippen molar-refractivity contribution in [1.29, 1.82) is 0 Å². The van der Waals surface area contributed by atoms with Gasteiger partial charge in [-0.3, -0.25) is 0 Å². The summed E-state index contributed by atoms with van der Waals surface area (Å²) in [5.74, 6) is 0.268. The Kier molecular flexibility index (Phi) is 6.07. The Balaban J connectivity index is 1.84. The molecule has 2 rings (SSSR count). The highest BCUT2D eigenvalue weighted by atomic mass is 16.7. The number of allylic oxidation sites excluding steroid dienone is 1. The number of ether oxygens (including phenoxy) is 1. The molecule has 1 fully saturated rings. The van der Waals surface area contributed by atoms with Crippen LogP contribution in [0.2, 0.25) is 5.82 Å². The van der Waals surface area contributed by atoms with Crippen molar-refractivity contribution in [1.82, 2.24) is 0 Å². The van der Waals surface area contributed by atoms with Gasteiger partial charge in [0.1, 0.15) is 0 Å². The Morgan fingerprint density at radius 1 is 1.13 bits per heavy atom. The van der Waals surface area contributed by atoms with Crippen LogP contribution in [0.5, 0.6) is 0 Å². The fourth-order valence-electron chi connectivity index (χ4n) is 2.66. The highest BCUT2D eigenvalue weighted by molar-refractivity contribution is 6.47. The van der Waals surface area contributed by atoms with E-state index in [1.54, 1.807) is 0 Å². The Bertz CT molecular complexity index is 483. The van der Waals surface area contributed by atoms with E-state index in [-0.39, 0.29) is 24.1 Å². The molecular weight excluding hydrogens is 287 g/mol. The average molecular weight is 316 g/mol. The second kappa shape index (κ2) is 7.65. The van der Waals surface area contributed by atoms with Crippen LogP contribution in [0.1, 0.15) is 46.1 Å². The lowest BCUT2D eigenvalue weighted by Crippen LogP contribution is -2.41. The van der Waals surface area contributed by atoms with Crippen LogP contribution in [0, 0.1) is 0 Å². The van der Waals surface area contributed by atoms with Crippen molar-refractivity contribution in [3.8, 4) is 0 Å². The fourth-order valence-corrected chi connectivity index (χ4v) is 2.66. The molecule has 1 atom stereocenters. The van der Waals surface area contributed by atoms with Crippen LogP contribution < -0.4 is 0 Å². The first-order valence-electron chi connectivity index (χ1n) is 8.44. The SMILES string of the molecule is C=CCC(CCOCc1ccccc1)B1OC(C)(C)C(C)(C)O1. The first-order valence-corrected chi connectivity index (χ1v) is 8.44. The maximum Gasteiger partial charge on any atom is 0.461 e. The summed E-state index contributed by atoms with van der Waals surface area (Å²) in [5.41, 5.74) is 0.618. The molecular formula is C19H29BO3. The van der Waals surface area contributed by atoms with Crippen LogP contribution in [-0.4, -0.2) is 24.9 Å². The molecule has 1 aliphatic heterocycles. The smallest absolute Gasteiger partial charge is 0.403 e. The lowest BCUT2D eigenvalue weighted by Gasteiger charge is -2.32. The maximum atomic E-state index is 6.17. The minimum atomic E-state index is -0.290. The summed E-state index contributed by atoms with van der Waals surface area (Å²) in [7, 11) is -0.196. The van der Waals surface area contributed by atoms with Gasteiger partial charge >= 0.3 is 7.12 Å². The van der Waals surface area contributed by atoms with Gasteiger partial charge in [0.25, 0.3) is 0 Å². The third-order valence-corrected chi connectivity index (χ3v) is 4.87. The van der Waals surface area contributed by atoms with E-state index in [4.69, 9.17) is 14.0 Å². The van der Waals surface area contributed by atoms with E-state index in [2.05, 4.69) is 46.4 Å². The van der Waals surface area contributed by atoms with Crippen molar-refractivity contribution >= 4 is 7.12 Å². The van der Waals surface area contributed by atoms with Gasteiger partial charge in [-0.05, 0) is 51.9 Å². The van der Waals surface area contributed by atoms with E-state index >= 15 is 0 Å². The van der Waals surface area contributed by atoms with Crippen molar-refractivity contribution < 1.29 is 14.0 Å². The Hall–Kier alpha value is -1.10. The summed E-state index contributed by atoms with van der Waals surface area (Å²) in [5, 5.41) is 0. The van der Waals surface area contributed by atoms with Crippen molar-refractivity contribution in [2.45, 2.75) is 64.2 Å². The second-order valence-corrected chi connectivity index (χ2v) is 7.24. The van der Waals surface area contributed by atoms with Crippen molar-refractivity contribution in [2.24, 2.45) is 0 Å². The predicted molar refractivity (Wildman–Crippen MR) is 95.4 cm³/mol. The van der Waals surface area contributed by atoms with E-state index in [9.17, 15) is 0 Å². The Morgan fingerprint density at radius 2 is 1.74 bits per heavy atom. The number of hydrogen-bond acceptors (Lipinski definition) is 3. The molecule has 1 aromatic carbocycles. The Labute approximate surface area is 141 Å². The number of benzene rings is 1. The maximum absolute atomic E-state index is 6.17. The molecule has 1 aliphatic rings. The second-order valence-electron chi connectivity index (χ2n) is 7.24. The molecule has 1 saturated heterocycles. The van der Waals surface area contributed by atoms with Gasteiger partial charge in [-0.1, -0.05) is 36.4 Å². The van der Waals surface area contributed by atoms with E-state index in [1.807, 2.05) is 24.3 Å². The van der Waals surface area contributed by atoms with Gasteiger partial charge in [-0.25, -0.2) is 0 Å². The van der Waals surface area contributed by atoms with Crippen LogP contribution in [0.4, 0.5) is 0 Å². The molecule has 0 spiro atoms. The molecule has 0 bridgehead atoms. The predicted octanol–water partition coefficient (Wildman–Crippen LogP) is 4.63. The normalized spacial score (nSPS) is 20.4. The number of rotatable bonds is 8. The zero-order valence-electron chi connectivity index (χ0n) is 14.9. The summed E-state index contributed by atoms with van der Waals surface area (Å²) in [6, 6.07) is 10.2. The molecule has 0 amide bonds. The molecule has 3 nitrogen and oxygen atoms in total. The Morgan fingerprint density at radius 3 is 2.30 bits per heavy atom.